The van der Waals surface area contributed by atoms with Crippen molar-refractivity contribution < 1.29 is 14.0 Å². The molecule has 0 aromatic heterocycles. The molecule has 3 amide bonds. The van der Waals surface area contributed by atoms with Crippen LogP contribution < -0.4 is 5.32 Å². The maximum absolute atomic E-state index is 12.7. The second kappa shape index (κ2) is 6.84. The molecular formula is C16H26FN3O2. The summed E-state index contributed by atoms with van der Waals surface area (Å²) in [6.07, 6.45) is 6.56. The monoisotopic (exact) mass is 311 g/mol. The minimum absolute atomic E-state index is 0.0414. The fraction of sp³-hybridized carbons (Fsp3) is 0.875. The average Bonchev–Trinajstić information content (AvgIpc) is 3.17. The zero-order valence-electron chi connectivity index (χ0n) is 13.1. The Hall–Kier alpha value is -1.33. The Labute approximate surface area is 131 Å². The number of urea groups is 1. The topological polar surface area (TPSA) is 52.7 Å². The van der Waals surface area contributed by atoms with Crippen LogP contribution in [0, 0.1) is 5.92 Å². The van der Waals surface area contributed by atoms with E-state index in [0.717, 1.165) is 25.7 Å². The molecule has 1 aliphatic carbocycles. The Kier molecular flexibility index (Phi) is 4.84. The van der Waals surface area contributed by atoms with Gasteiger partial charge in [-0.05, 0) is 25.7 Å². The van der Waals surface area contributed by atoms with Crippen LogP contribution in [0.25, 0.3) is 0 Å². The lowest BCUT2D eigenvalue weighted by atomic mass is 10.0. The number of nitrogens with one attached hydrogen (secondary N) is 1. The number of carbonyl (C=O) groups excluding carboxylic acids is 2. The SMILES string of the molecule is O=C(NC1CCCC1)N1CCC(N2CC(CF)CC2=O)CC1. The van der Waals surface area contributed by atoms with Gasteiger partial charge in [0.2, 0.25) is 5.91 Å². The van der Waals surface area contributed by atoms with E-state index in [0.29, 0.717) is 32.1 Å². The number of carbonyl (C=O) groups is 2. The number of amides is 3. The summed E-state index contributed by atoms with van der Waals surface area (Å²) in [5, 5.41) is 3.11. The summed E-state index contributed by atoms with van der Waals surface area (Å²) in [7, 11) is 0. The number of likely N-dealkylation sites (tertiary alicyclic amines) is 2. The lowest BCUT2D eigenvalue weighted by Crippen LogP contribution is -2.51. The highest BCUT2D eigenvalue weighted by molar-refractivity contribution is 5.79. The lowest BCUT2D eigenvalue weighted by molar-refractivity contribution is -0.130. The Morgan fingerprint density at radius 2 is 1.86 bits per heavy atom. The Balaban J connectivity index is 1.46. The van der Waals surface area contributed by atoms with Gasteiger partial charge in [0.15, 0.2) is 0 Å². The van der Waals surface area contributed by atoms with Gasteiger partial charge in [-0.1, -0.05) is 12.8 Å². The van der Waals surface area contributed by atoms with Gasteiger partial charge in [-0.3, -0.25) is 9.18 Å². The number of alkyl halides is 1. The van der Waals surface area contributed by atoms with Crippen LogP contribution in [0.3, 0.4) is 0 Å². The average molecular weight is 311 g/mol. The van der Waals surface area contributed by atoms with Gasteiger partial charge in [0.1, 0.15) is 0 Å². The Morgan fingerprint density at radius 3 is 2.45 bits per heavy atom. The van der Waals surface area contributed by atoms with E-state index in [-0.39, 0.29) is 23.9 Å². The fourth-order valence-corrected chi connectivity index (χ4v) is 3.98. The van der Waals surface area contributed by atoms with Crippen LogP contribution in [0.1, 0.15) is 44.9 Å². The van der Waals surface area contributed by atoms with Crippen LogP contribution in [0.2, 0.25) is 0 Å². The van der Waals surface area contributed by atoms with Crippen LogP contribution in [0.5, 0.6) is 0 Å². The molecule has 2 aliphatic heterocycles. The lowest BCUT2D eigenvalue weighted by Gasteiger charge is -2.37. The molecule has 0 spiro atoms. The van der Waals surface area contributed by atoms with Gasteiger partial charge in [-0.2, -0.15) is 0 Å². The van der Waals surface area contributed by atoms with Crippen LogP contribution >= 0.6 is 0 Å². The molecule has 6 heteroatoms. The van der Waals surface area contributed by atoms with E-state index >= 15 is 0 Å². The van der Waals surface area contributed by atoms with Crippen molar-refractivity contribution in [1.29, 1.82) is 0 Å². The molecule has 0 radical (unpaired) electrons. The van der Waals surface area contributed by atoms with Crippen LogP contribution in [0.4, 0.5) is 9.18 Å². The first-order valence-electron chi connectivity index (χ1n) is 8.58. The van der Waals surface area contributed by atoms with E-state index in [9.17, 15) is 14.0 Å². The van der Waals surface area contributed by atoms with Gasteiger partial charge >= 0.3 is 6.03 Å². The molecule has 2 heterocycles. The standard InChI is InChI=1S/C16H26FN3O2/c17-10-12-9-15(21)20(11-12)14-5-7-19(8-6-14)16(22)18-13-3-1-2-4-13/h12-14H,1-11H2,(H,18,22). The number of nitrogens with zero attached hydrogens (tertiary/aromatic N) is 2. The van der Waals surface area contributed by atoms with E-state index in [2.05, 4.69) is 5.32 Å². The van der Waals surface area contributed by atoms with Gasteiger partial charge in [-0.25, -0.2) is 4.79 Å². The third kappa shape index (κ3) is 3.36. The summed E-state index contributed by atoms with van der Waals surface area (Å²) in [4.78, 5) is 27.9. The van der Waals surface area contributed by atoms with Crippen molar-refractivity contribution in [3.05, 3.63) is 0 Å². The second-order valence-electron chi connectivity index (χ2n) is 6.92. The number of hydrogen-bond acceptors (Lipinski definition) is 2. The summed E-state index contributed by atoms with van der Waals surface area (Å²) >= 11 is 0. The van der Waals surface area contributed by atoms with Gasteiger partial charge in [0.05, 0.1) is 6.67 Å². The van der Waals surface area contributed by atoms with Gasteiger partial charge in [0, 0.05) is 44.1 Å². The van der Waals surface area contributed by atoms with Crippen molar-refractivity contribution in [1.82, 2.24) is 15.1 Å². The van der Waals surface area contributed by atoms with E-state index < -0.39 is 6.67 Å². The summed E-state index contributed by atoms with van der Waals surface area (Å²) in [5.74, 6) is -0.0484. The number of halogens is 1. The molecule has 1 N–H and O–H groups in total. The molecule has 3 fully saturated rings. The van der Waals surface area contributed by atoms with Crippen molar-refractivity contribution in [2.45, 2.75) is 57.0 Å². The molecular weight excluding hydrogens is 285 g/mol. The van der Waals surface area contributed by atoms with Gasteiger partial charge in [0.25, 0.3) is 0 Å². The van der Waals surface area contributed by atoms with E-state index in [1.54, 1.807) is 0 Å². The van der Waals surface area contributed by atoms with E-state index in [4.69, 9.17) is 0 Å². The minimum atomic E-state index is -0.412. The van der Waals surface area contributed by atoms with Crippen molar-refractivity contribution in [2.75, 3.05) is 26.3 Å². The Bertz CT molecular complexity index is 418. The summed E-state index contributed by atoms with van der Waals surface area (Å²) in [6.45, 7) is 1.51. The van der Waals surface area contributed by atoms with Crippen LogP contribution in [-0.4, -0.2) is 60.1 Å². The highest BCUT2D eigenvalue weighted by atomic mass is 19.1. The molecule has 0 bridgehead atoms. The first kappa shape index (κ1) is 15.6. The molecule has 0 aromatic carbocycles. The van der Waals surface area contributed by atoms with Crippen molar-refractivity contribution >= 4 is 11.9 Å². The fourth-order valence-electron chi connectivity index (χ4n) is 3.98. The normalized spacial score (nSPS) is 27.7. The third-order valence-electron chi connectivity index (χ3n) is 5.33. The van der Waals surface area contributed by atoms with Gasteiger partial charge < -0.3 is 15.1 Å². The Morgan fingerprint density at radius 1 is 1.18 bits per heavy atom. The van der Waals surface area contributed by atoms with Crippen molar-refractivity contribution in [3.8, 4) is 0 Å². The summed E-state index contributed by atoms with van der Waals surface area (Å²) in [6, 6.07) is 0.565. The summed E-state index contributed by atoms with van der Waals surface area (Å²) < 4.78 is 12.7. The number of piperidine rings is 1. The zero-order chi connectivity index (χ0) is 15.5. The maximum atomic E-state index is 12.7. The van der Waals surface area contributed by atoms with E-state index in [1.807, 2.05) is 9.80 Å². The van der Waals surface area contributed by atoms with Crippen LogP contribution in [0.15, 0.2) is 0 Å². The minimum Gasteiger partial charge on any atom is -0.339 e. The molecule has 3 aliphatic rings. The second-order valence-corrected chi connectivity index (χ2v) is 6.92. The number of hydrogen-bond donors (Lipinski definition) is 1. The molecule has 1 atom stereocenters. The predicted octanol–water partition coefficient (Wildman–Crippen LogP) is 1.92. The van der Waals surface area contributed by atoms with Crippen molar-refractivity contribution in [2.24, 2.45) is 5.92 Å². The first-order chi connectivity index (χ1) is 10.7. The van der Waals surface area contributed by atoms with Crippen LogP contribution in [-0.2, 0) is 4.79 Å². The highest BCUT2D eigenvalue weighted by Crippen LogP contribution is 2.26. The molecule has 1 saturated carbocycles. The van der Waals surface area contributed by atoms with E-state index in [1.165, 1.54) is 12.8 Å². The molecule has 5 nitrogen and oxygen atoms in total. The predicted molar refractivity (Wildman–Crippen MR) is 81.2 cm³/mol. The molecule has 22 heavy (non-hydrogen) atoms. The highest BCUT2D eigenvalue weighted by Gasteiger charge is 2.36. The van der Waals surface area contributed by atoms with Gasteiger partial charge in [-0.15, -0.1) is 0 Å². The molecule has 3 rings (SSSR count). The summed E-state index contributed by atoms with van der Waals surface area (Å²) in [5.41, 5.74) is 0. The smallest absolute Gasteiger partial charge is 0.317 e. The molecule has 1 unspecified atom stereocenters. The third-order valence-corrected chi connectivity index (χ3v) is 5.33. The molecule has 124 valence electrons. The largest absolute Gasteiger partial charge is 0.339 e. The molecule has 0 aromatic rings. The first-order valence-corrected chi connectivity index (χ1v) is 8.58. The molecule has 2 saturated heterocycles. The zero-order valence-corrected chi connectivity index (χ0v) is 13.1. The number of rotatable bonds is 3. The quantitative estimate of drug-likeness (QED) is 0.866. The van der Waals surface area contributed by atoms with Crippen molar-refractivity contribution in [3.63, 3.8) is 0 Å². The maximum Gasteiger partial charge on any atom is 0.317 e.